The quantitative estimate of drug-likeness (QED) is 0.500. The van der Waals surface area contributed by atoms with Crippen molar-refractivity contribution < 1.29 is 4.79 Å². The Morgan fingerprint density at radius 2 is 1.79 bits per heavy atom. The molecule has 0 radical (unpaired) electrons. The number of hydrogen-bond acceptors (Lipinski definition) is 3. The molecule has 0 aliphatic carbocycles. The molecule has 0 atom stereocenters. The first-order chi connectivity index (χ1) is 14.2. The third-order valence-corrected chi connectivity index (χ3v) is 4.91. The molecule has 0 aliphatic rings. The fraction of sp³-hybridized carbons (Fsp3) is 0.208. The van der Waals surface area contributed by atoms with Gasteiger partial charge in [-0.1, -0.05) is 48.0 Å². The van der Waals surface area contributed by atoms with Gasteiger partial charge < -0.3 is 9.88 Å². The largest absolute Gasteiger partial charge is 0.326 e. The Morgan fingerprint density at radius 3 is 2.59 bits per heavy atom. The van der Waals surface area contributed by atoms with E-state index in [-0.39, 0.29) is 5.91 Å². The molecule has 0 aliphatic heterocycles. The average molecular weight is 384 g/mol. The molecule has 0 fully saturated rings. The van der Waals surface area contributed by atoms with E-state index in [4.69, 9.17) is 4.98 Å². The minimum absolute atomic E-state index is 0.0256. The van der Waals surface area contributed by atoms with Crippen LogP contribution in [0, 0.1) is 6.92 Å². The summed E-state index contributed by atoms with van der Waals surface area (Å²) >= 11 is 0. The van der Waals surface area contributed by atoms with E-state index in [1.165, 1.54) is 11.1 Å². The number of carbonyl (C=O) groups excluding carboxylic acids is 1. The third-order valence-electron chi connectivity index (χ3n) is 4.91. The average Bonchev–Trinajstić information content (AvgIpc) is 3.08. The van der Waals surface area contributed by atoms with Crippen molar-refractivity contribution in [3.05, 3.63) is 89.9 Å². The van der Waals surface area contributed by atoms with Crippen molar-refractivity contribution in [3.63, 3.8) is 0 Å². The number of aryl methyl sites for hydroxylation is 2. The van der Waals surface area contributed by atoms with Crippen LogP contribution >= 0.6 is 0 Å². The smallest absolute Gasteiger partial charge is 0.224 e. The topological polar surface area (TPSA) is 59.8 Å². The van der Waals surface area contributed by atoms with Crippen LogP contribution in [0.5, 0.6) is 0 Å². The van der Waals surface area contributed by atoms with Crippen LogP contribution in [0.1, 0.15) is 29.8 Å². The number of fused-ring (bicyclic) bond motifs is 1. The van der Waals surface area contributed by atoms with Crippen molar-refractivity contribution in [2.75, 3.05) is 5.32 Å². The van der Waals surface area contributed by atoms with Gasteiger partial charge in [-0.15, -0.1) is 0 Å². The Bertz CT molecular complexity index is 1100. The van der Waals surface area contributed by atoms with Crippen molar-refractivity contribution in [1.82, 2.24) is 14.5 Å². The van der Waals surface area contributed by atoms with Gasteiger partial charge in [0.05, 0.1) is 6.54 Å². The summed E-state index contributed by atoms with van der Waals surface area (Å²) in [6.07, 6.45) is 3.71. The monoisotopic (exact) mass is 384 g/mol. The molecule has 2 aromatic heterocycles. The van der Waals surface area contributed by atoms with Gasteiger partial charge >= 0.3 is 0 Å². The van der Waals surface area contributed by atoms with Gasteiger partial charge in [0.15, 0.2) is 5.65 Å². The molecule has 1 N–H and O–H groups in total. The Kier molecular flexibility index (Phi) is 5.66. The predicted molar refractivity (Wildman–Crippen MR) is 116 cm³/mol. The number of nitrogens with zero attached hydrogens (tertiary/aromatic N) is 3. The fourth-order valence-corrected chi connectivity index (χ4v) is 3.40. The van der Waals surface area contributed by atoms with Crippen LogP contribution in [0.3, 0.4) is 0 Å². The minimum atomic E-state index is 0.0256. The van der Waals surface area contributed by atoms with Crippen molar-refractivity contribution >= 4 is 22.8 Å². The summed E-state index contributed by atoms with van der Waals surface area (Å²) < 4.78 is 2.16. The number of amides is 1. The summed E-state index contributed by atoms with van der Waals surface area (Å²) in [5.41, 5.74) is 4.99. The highest BCUT2D eigenvalue weighted by molar-refractivity contribution is 5.90. The standard InChI is InChI=1S/C24H24N4O/c1-18-12-14-20(15-13-18)26-23(29)11-5-10-22-27-21-9-6-16-25-24(21)28(22)17-19-7-3-2-4-8-19/h2-4,6-9,12-16H,5,10-11,17H2,1H3,(H,26,29). The van der Waals surface area contributed by atoms with Gasteiger partial charge in [-0.05, 0) is 43.2 Å². The molecule has 0 spiro atoms. The molecule has 0 saturated carbocycles. The summed E-state index contributed by atoms with van der Waals surface area (Å²) in [7, 11) is 0. The van der Waals surface area contributed by atoms with E-state index in [1.54, 1.807) is 6.20 Å². The second-order valence-electron chi connectivity index (χ2n) is 7.21. The fourth-order valence-electron chi connectivity index (χ4n) is 3.40. The number of benzene rings is 2. The van der Waals surface area contributed by atoms with Gasteiger partial charge in [0, 0.05) is 24.7 Å². The molecule has 1 amide bonds. The Balaban J connectivity index is 1.44. The van der Waals surface area contributed by atoms with E-state index in [1.807, 2.05) is 61.5 Å². The zero-order chi connectivity index (χ0) is 20.1. The van der Waals surface area contributed by atoms with E-state index < -0.39 is 0 Å². The van der Waals surface area contributed by atoms with Crippen LogP contribution in [0.2, 0.25) is 0 Å². The Labute approximate surface area is 170 Å². The highest BCUT2D eigenvalue weighted by atomic mass is 16.1. The summed E-state index contributed by atoms with van der Waals surface area (Å²) in [5.74, 6) is 0.989. The van der Waals surface area contributed by atoms with Crippen LogP contribution in [0.15, 0.2) is 72.9 Å². The van der Waals surface area contributed by atoms with Gasteiger partial charge in [0.2, 0.25) is 5.91 Å². The number of hydrogen-bond donors (Lipinski definition) is 1. The maximum atomic E-state index is 12.3. The van der Waals surface area contributed by atoms with Crippen LogP contribution in [0.25, 0.3) is 11.2 Å². The molecule has 29 heavy (non-hydrogen) atoms. The zero-order valence-corrected chi connectivity index (χ0v) is 16.5. The number of pyridine rings is 1. The van der Waals surface area contributed by atoms with E-state index >= 15 is 0 Å². The third kappa shape index (κ3) is 4.69. The maximum Gasteiger partial charge on any atom is 0.224 e. The normalized spacial score (nSPS) is 10.9. The summed E-state index contributed by atoms with van der Waals surface area (Å²) in [6, 6.07) is 22.0. The number of nitrogens with one attached hydrogen (secondary N) is 1. The molecule has 0 bridgehead atoms. The van der Waals surface area contributed by atoms with Crippen molar-refractivity contribution in [2.24, 2.45) is 0 Å². The van der Waals surface area contributed by atoms with Crippen LogP contribution < -0.4 is 5.32 Å². The molecule has 0 saturated heterocycles. The highest BCUT2D eigenvalue weighted by Crippen LogP contribution is 2.18. The lowest BCUT2D eigenvalue weighted by Gasteiger charge is -2.09. The Morgan fingerprint density at radius 1 is 1.00 bits per heavy atom. The van der Waals surface area contributed by atoms with E-state index in [2.05, 4.69) is 27.0 Å². The van der Waals surface area contributed by atoms with Gasteiger partial charge in [-0.2, -0.15) is 0 Å². The van der Waals surface area contributed by atoms with Gasteiger partial charge in [0.25, 0.3) is 0 Å². The number of rotatable bonds is 7. The molecule has 4 rings (SSSR count). The molecular weight excluding hydrogens is 360 g/mol. The number of anilines is 1. The van der Waals surface area contributed by atoms with Crippen molar-refractivity contribution in [2.45, 2.75) is 32.7 Å². The van der Waals surface area contributed by atoms with Crippen LogP contribution in [-0.2, 0) is 17.8 Å². The predicted octanol–water partition coefficient (Wildman–Crippen LogP) is 4.75. The highest BCUT2D eigenvalue weighted by Gasteiger charge is 2.13. The molecule has 4 aromatic rings. The van der Waals surface area contributed by atoms with E-state index in [0.717, 1.165) is 42.1 Å². The SMILES string of the molecule is Cc1ccc(NC(=O)CCCc2nc3cccnc3n2Cc2ccccc2)cc1. The van der Waals surface area contributed by atoms with Gasteiger partial charge in [0.1, 0.15) is 11.3 Å². The summed E-state index contributed by atoms with van der Waals surface area (Å²) in [6.45, 7) is 2.75. The molecule has 2 aromatic carbocycles. The second kappa shape index (κ2) is 8.69. The zero-order valence-electron chi connectivity index (χ0n) is 16.5. The van der Waals surface area contributed by atoms with Crippen LogP contribution in [0.4, 0.5) is 5.69 Å². The molecular formula is C24H24N4O. The number of carbonyl (C=O) groups is 1. The van der Waals surface area contributed by atoms with E-state index in [0.29, 0.717) is 6.42 Å². The first-order valence-electron chi connectivity index (χ1n) is 9.89. The van der Waals surface area contributed by atoms with E-state index in [9.17, 15) is 4.79 Å². The number of imidazole rings is 1. The molecule has 2 heterocycles. The summed E-state index contributed by atoms with van der Waals surface area (Å²) in [5, 5.41) is 2.96. The number of aromatic nitrogens is 3. The maximum absolute atomic E-state index is 12.3. The minimum Gasteiger partial charge on any atom is -0.326 e. The lowest BCUT2D eigenvalue weighted by Crippen LogP contribution is -2.12. The molecule has 5 nitrogen and oxygen atoms in total. The molecule has 5 heteroatoms. The first-order valence-corrected chi connectivity index (χ1v) is 9.89. The van der Waals surface area contributed by atoms with Crippen LogP contribution in [-0.4, -0.2) is 20.4 Å². The van der Waals surface area contributed by atoms with Gasteiger partial charge in [-0.3, -0.25) is 4.79 Å². The van der Waals surface area contributed by atoms with Crippen molar-refractivity contribution in [1.29, 1.82) is 0 Å². The van der Waals surface area contributed by atoms with Gasteiger partial charge in [-0.25, -0.2) is 9.97 Å². The first kappa shape index (κ1) is 18.9. The second-order valence-corrected chi connectivity index (χ2v) is 7.21. The molecule has 0 unspecified atom stereocenters. The summed E-state index contributed by atoms with van der Waals surface area (Å²) in [4.78, 5) is 21.6. The Hall–Kier alpha value is -3.47. The lowest BCUT2D eigenvalue weighted by molar-refractivity contribution is -0.116. The lowest BCUT2D eigenvalue weighted by atomic mass is 10.2. The van der Waals surface area contributed by atoms with Crippen molar-refractivity contribution in [3.8, 4) is 0 Å². The molecule has 146 valence electrons.